The van der Waals surface area contributed by atoms with Gasteiger partial charge in [-0.05, 0) is 50.2 Å². The van der Waals surface area contributed by atoms with E-state index in [2.05, 4.69) is 0 Å². The second-order valence-electron chi connectivity index (χ2n) is 5.81. The van der Waals surface area contributed by atoms with Crippen LogP contribution in [0.2, 0.25) is 0 Å². The summed E-state index contributed by atoms with van der Waals surface area (Å²) in [7, 11) is -1.00. The third-order valence-electron chi connectivity index (χ3n) is 4.34. The minimum absolute atomic E-state index is 0.402. The molecule has 0 aliphatic heterocycles. The number of allylic oxidation sites excluding steroid dienone is 2. The monoisotopic (exact) mass is 288 g/mol. The highest BCUT2D eigenvalue weighted by Gasteiger charge is 2.27. The summed E-state index contributed by atoms with van der Waals surface area (Å²) in [5.74, 6) is 0.901. The van der Waals surface area contributed by atoms with Crippen molar-refractivity contribution in [3.8, 4) is 0 Å². The van der Waals surface area contributed by atoms with Gasteiger partial charge in [0.2, 0.25) is 0 Å². The van der Waals surface area contributed by atoms with E-state index < -0.39 is 10.8 Å². The normalized spacial score (nSPS) is 24.4. The molecule has 0 amide bonds. The van der Waals surface area contributed by atoms with Gasteiger partial charge in [0, 0.05) is 22.6 Å². The first-order valence-electron chi connectivity index (χ1n) is 7.43. The Bertz CT molecular complexity index is 560. The summed E-state index contributed by atoms with van der Waals surface area (Å²) in [5.41, 5.74) is 1.37. The van der Waals surface area contributed by atoms with Crippen LogP contribution in [-0.2, 0) is 15.6 Å². The molecule has 1 saturated carbocycles. The van der Waals surface area contributed by atoms with Crippen LogP contribution in [0.4, 0.5) is 0 Å². The third-order valence-corrected chi connectivity index (χ3v) is 5.98. The van der Waals surface area contributed by atoms with Crippen LogP contribution in [0.15, 0.2) is 45.7 Å². The largest absolute Gasteiger partial charge is 0.300 e. The molecule has 3 heteroatoms. The predicted molar refractivity (Wildman–Crippen MR) is 80.7 cm³/mol. The topological polar surface area (TPSA) is 34.1 Å². The van der Waals surface area contributed by atoms with Crippen molar-refractivity contribution in [1.82, 2.24) is 0 Å². The molecule has 1 aromatic carbocycles. The molecule has 3 rings (SSSR count). The fraction of sp³-hybridized carbons (Fsp3) is 0.471. The molecular formula is C17H20O2S. The molecule has 1 aromatic rings. The van der Waals surface area contributed by atoms with Crippen molar-refractivity contribution in [1.29, 1.82) is 0 Å². The van der Waals surface area contributed by atoms with Gasteiger partial charge in [0.15, 0.2) is 0 Å². The molecule has 20 heavy (non-hydrogen) atoms. The summed E-state index contributed by atoms with van der Waals surface area (Å²) in [6, 6.07) is 9.72. The number of carbonyl (C=O) groups is 1. The smallest absolute Gasteiger partial charge is 0.133 e. The average Bonchev–Trinajstić information content (AvgIpc) is 3.09. The Balaban J connectivity index is 1.77. The van der Waals surface area contributed by atoms with Crippen molar-refractivity contribution in [2.24, 2.45) is 5.92 Å². The molecular weight excluding hydrogens is 268 g/mol. The molecule has 0 bridgehead atoms. The fourth-order valence-corrected chi connectivity index (χ4v) is 4.78. The molecule has 0 radical (unpaired) electrons. The van der Waals surface area contributed by atoms with E-state index in [0.717, 1.165) is 54.7 Å². The van der Waals surface area contributed by atoms with E-state index in [4.69, 9.17) is 0 Å². The van der Waals surface area contributed by atoms with Gasteiger partial charge in [-0.2, -0.15) is 0 Å². The molecule has 0 saturated heterocycles. The Kier molecular flexibility index (Phi) is 4.16. The van der Waals surface area contributed by atoms with Gasteiger partial charge in [-0.15, -0.1) is 0 Å². The van der Waals surface area contributed by atoms with Gasteiger partial charge in [-0.25, -0.2) is 4.21 Å². The summed E-state index contributed by atoms with van der Waals surface area (Å²) >= 11 is 0. The van der Waals surface area contributed by atoms with Gasteiger partial charge >= 0.3 is 0 Å². The summed E-state index contributed by atoms with van der Waals surface area (Å²) in [5, 5.41) is 0. The lowest BCUT2D eigenvalue weighted by molar-refractivity contribution is -0.117. The lowest BCUT2D eigenvalue weighted by Gasteiger charge is -2.12. The lowest BCUT2D eigenvalue weighted by Crippen LogP contribution is -2.01. The maximum atomic E-state index is 12.7. The summed E-state index contributed by atoms with van der Waals surface area (Å²) < 4.78 is 12.7. The Morgan fingerprint density at radius 1 is 1.10 bits per heavy atom. The van der Waals surface area contributed by atoms with Gasteiger partial charge in [0.05, 0.1) is 10.8 Å². The zero-order valence-corrected chi connectivity index (χ0v) is 12.5. The first kappa shape index (κ1) is 13.7. The van der Waals surface area contributed by atoms with Gasteiger partial charge in [-0.1, -0.05) is 23.8 Å². The van der Waals surface area contributed by atoms with E-state index in [1.54, 1.807) is 0 Å². The van der Waals surface area contributed by atoms with Gasteiger partial charge < -0.3 is 0 Å². The standard InChI is InChI=1S/C17H20O2S/c18-15-10-9-13(12-15)11-14-5-4-8-17(14)20(19)16-6-2-1-3-7-16/h1-3,6-7,13H,4-5,8-12H2. The van der Waals surface area contributed by atoms with Crippen molar-refractivity contribution in [2.45, 2.75) is 49.8 Å². The minimum Gasteiger partial charge on any atom is -0.300 e. The fourth-order valence-electron chi connectivity index (χ4n) is 3.32. The number of hydrogen-bond donors (Lipinski definition) is 0. The number of benzene rings is 1. The van der Waals surface area contributed by atoms with Crippen LogP contribution < -0.4 is 0 Å². The van der Waals surface area contributed by atoms with Crippen LogP contribution in [0.5, 0.6) is 0 Å². The molecule has 0 spiro atoms. The SMILES string of the molecule is O=C1CCC(CC2=C(S(=O)c3ccccc3)CCC2)C1. The predicted octanol–water partition coefficient (Wildman–Crippen LogP) is 3.99. The summed E-state index contributed by atoms with van der Waals surface area (Å²) in [6.07, 6.45) is 6.62. The molecule has 2 atom stereocenters. The summed E-state index contributed by atoms with van der Waals surface area (Å²) in [6.45, 7) is 0. The maximum absolute atomic E-state index is 12.7. The van der Waals surface area contributed by atoms with E-state index in [-0.39, 0.29) is 0 Å². The van der Waals surface area contributed by atoms with Crippen molar-refractivity contribution in [3.05, 3.63) is 40.8 Å². The molecule has 2 nitrogen and oxygen atoms in total. The van der Waals surface area contributed by atoms with E-state index in [0.29, 0.717) is 11.7 Å². The number of carbonyl (C=O) groups excluding carboxylic acids is 1. The molecule has 2 unspecified atom stereocenters. The molecule has 2 aliphatic carbocycles. The van der Waals surface area contributed by atoms with Crippen molar-refractivity contribution >= 4 is 16.6 Å². The highest BCUT2D eigenvalue weighted by molar-refractivity contribution is 7.89. The quantitative estimate of drug-likeness (QED) is 0.839. The molecule has 2 aliphatic rings. The van der Waals surface area contributed by atoms with Crippen LogP contribution in [0.25, 0.3) is 0 Å². The van der Waals surface area contributed by atoms with Crippen LogP contribution in [0.1, 0.15) is 44.9 Å². The van der Waals surface area contributed by atoms with Gasteiger partial charge in [-0.3, -0.25) is 4.79 Å². The van der Waals surface area contributed by atoms with Crippen molar-refractivity contribution < 1.29 is 9.00 Å². The summed E-state index contributed by atoms with van der Waals surface area (Å²) in [4.78, 5) is 13.4. The van der Waals surface area contributed by atoms with Crippen LogP contribution in [0, 0.1) is 5.92 Å². The zero-order valence-electron chi connectivity index (χ0n) is 11.6. The van der Waals surface area contributed by atoms with Crippen molar-refractivity contribution in [3.63, 3.8) is 0 Å². The average molecular weight is 288 g/mol. The Labute approximate surface area is 122 Å². The van der Waals surface area contributed by atoms with Gasteiger partial charge in [0.25, 0.3) is 0 Å². The molecule has 1 fully saturated rings. The number of Topliss-reactive ketones (excluding diaryl/α,β-unsaturated/α-hetero) is 1. The second-order valence-corrected chi connectivity index (χ2v) is 7.32. The highest BCUT2D eigenvalue weighted by atomic mass is 32.2. The van der Waals surface area contributed by atoms with E-state index in [1.807, 2.05) is 30.3 Å². The van der Waals surface area contributed by atoms with Crippen LogP contribution >= 0.6 is 0 Å². The number of ketones is 1. The molecule has 106 valence electrons. The van der Waals surface area contributed by atoms with E-state index in [9.17, 15) is 9.00 Å². The second kappa shape index (κ2) is 6.04. The number of hydrogen-bond acceptors (Lipinski definition) is 2. The van der Waals surface area contributed by atoms with Crippen molar-refractivity contribution in [2.75, 3.05) is 0 Å². The molecule has 0 heterocycles. The van der Waals surface area contributed by atoms with Gasteiger partial charge in [0.1, 0.15) is 5.78 Å². The lowest BCUT2D eigenvalue weighted by atomic mass is 9.97. The maximum Gasteiger partial charge on any atom is 0.133 e. The number of rotatable bonds is 4. The minimum atomic E-state index is -1.00. The third kappa shape index (κ3) is 2.93. The van der Waals surface area contributed by atoms with E-state index in [1.165, 1.54) is 5.57 Å². The van der Waals surface area contributed by atoms with E-state index >= 15 is 0 Å². The molecule has 0 N–H and O–H groups in total. The first-order chi connectivity index (χ1) is 9.74. The Morgan fingerprint density at radius 3 is 2.60 bits per heavy atom. The van der Waals surface area contributed by atoms with Crippen LogP contribution in [-0.4, -0.2) is 9.99 Å². The highest BCUT2D eigenvalue weighted by Crippen LogP contribution is 2.38. The first-order valence-corrected chi connectivity index (χ1v) is 8.58. The van der Waals surface area contributed by atoms with Crippen LogP contribution in [0.3, 0.4) is 0 Å². The zero-order chi connectivity index (χ0) is 13.9. The Hall–Kier alpha value is -1.22. The molecule has 0 aromatic heterocycles. The Morgan fingerprint density at radius 2 is 1.90 bits per heavy atom.